The van der Waals surface area contributed by atoms with Crippen LogP contribution >= 0.6 is 0 Å². The summed E-state index contributed by atoms with van der Waals surface area (Å²) in [5.41, 5.74) is 12.5. The molecular weight excluding hydrogens is 623 g/mol. The van der Waals surface area contributed by atoms with E-state index in [9.17, 15) is 0 Å². The maximum absolute atomic E-state index is 6.53. The van der Waals surface area contributed by atoms with Gasteiger partial charge in [-0.2, -0.15) is 0 Å². The van der Waals surface area contributed by atoms with Crippen molar-refractivity contribution in [3.8, 4) is 45.0 Å². The molecule has 0 aliphatic carbocycles. The lowest BCUT2D eigenvalue weighted by molar-refractivity contribution is 0.483. The molecule has 1 aliphatic rings. The third kappa shape index (κ3) is 5.77. The van der Waals surface area contributed by atoms with Crippen LogP contribution in [0.15, 0.2) is 182 Å². The van der Waals surface area contributed by atoms with Crippen LogP contribution in [-0.4, -0.2) is 11.7 Å². The average molecular weight is 658 g/mol. The first-order valence-electron chi connectivity index (χ1n) is 17.3. The molecule has 8 aromatic rings. The van der Waals surface area contributed by atoms with Crippen LogP contribution in [0, 0.1) is 6.92 Å². The van der Waals surface area contributed by atoms with E-state index in [1.54, 1.807) is 0 Å². The first kappa shape index (κ1) is 30.4. The second kappa shape index (κ2) is 13.0. The molecule has 0 spiro atoms. The van der Waals surface area contributed by atoms with Crippen LogP contribution in [0.5, 0.6) is 11.5 Å². The zero-order chi connectivity index (χ0) is 34.1. The SMILES string of the molecule is Cc1ccnc(-c2cccc(Oc3cccc(N4CN(c5c(-c6ccccc6)cccc5-c5ccccc5)c5c4ccc4ccccc54)c3)c2)c1. The van der Waals surface area contributed by atoms with Gasteiger partial charge in [-0.1, -0.05) is 127 Å². The normalized spacial score (nSPS) is 12.3. The summed E-state index contributed by atoms with van der Waals surface area (Å²) in [6.45, 7) is 2.71. The number of ether oxygens (including phenoxy) is 1. The Morgan fingerprint density at radius 2 is 1.16 bits per heavy atom. The summed E-state index contributed by atoms with van der Waals surface area (Å²) in [5, 5.41) is 2.43. The van der Waals surface area contributed by atoms with Crippen LogP contribution in [0.25, 0.3) is 44.3 Å². The molecule has 51 heavy (non-hydrogen) atoms. The van der Waals surface area contributed by atoms with Gasteiger partial charge < -0.3 is 14.5 Å². The summed E-state index contributed by atoms with van der Waals surface area (Å²) < 4.78 is 6.53. The molecule has 0 saturated heterocycles. The fraction of sp³-hybridized carbons (Fsp3) is 0.0426. The number of anilines is 4. The van der Waals surface area contributed by atoms with E-state index < -0.39 is 0 Å². The fourth-order valence-electron chi connectivity index (χ4n) is 7.24. The van der Waals surface area contributed by atoms with E-state index >= 15 is 0 Å². The van der Waals surface area contributed by atoms with E-state index in [4.69, 9.17) is 4.74 Å². The van der Waals surface area contributed by atoms with Gasteiger partial charge >= 0.3 is 0 Å². The Bertz CT molecular complexity index is 2450. The van der Waals surface area contributed by atoms with Crippen molar-refractivity contribution >= 4 is 33.5 Å². The maximum Gasteiger partial charge on any atom is 0.129 e. The quantitative estimate of drug-likeness (QED) is 0.171. The van der Waals surface area contributed by atoms with Crippen molar-refractivity contribution in [3.63, 3.8) is 0 Å². The minimum atomic E-state index is 0.630. The number of aromatic nitrogens is 1. The van der Waals surface area contributed by atoms with Crippen molar-refractivity contribution in [1.29, 1.82) is 0 Å². The molecule has 0 amide bonds. The first-order chi connectivity index (χ1) is 25.2. The number of nitrogens with zero attached hydrogens (tertiary/aromatic N) is 3. The van der Waals surface area contributed by atoms with Crippen molar-refractivity contribution in [3.05, 3.63) is 188 Å². The summed E-state index contributed by atoms with van der Waals surface area (Å²) in [6, 6.07) is 62.0. The molecule has 0 fully saturated rings. The Hall–Kier alpha value is -6.65. The summed E-state index contributed by atoms with van der Waals surface area (Å²) in [7, 11) is 0. The second-order valence-electron chi connectivity index (χ2n) is 12.9. The largest absolute Gasteiger partial charge is 0.457 e. The molecule has 2 heterocycles. The second-order valence-corrected chi connectivity index (χ2v) is 12.9. The lowest BCUT2D eigenvalue weighted by Crippen LogP contribution is -2.25. The summed E-state index contributed by atoms with van der Waals surface area (Å²) >= 11 is 0. The zero-order valence-corrected chi connectivity index (χ0v) is 28.3. The van der Waals surface area contributed by atoms with Gasteiger partial charge in [-0.05, 0) is 71.5 Å². The van der Waals surface area contributed by atoms with Gasteiger partial charge in [-0.25, -0.2) is 0 Å². The maximum atomic E-state index is 6.53. The molecule has 1 aliphatic heterocycles. The smallest absolute Gasteiger partial charge is 0.129 e. The Balaban J connectivity index is 1.16. The Morgan fingerprint density at radius 3 is 1.90 bits per heavy atom. The Labute approximate surface area is 298 Å². The molecule has 7 aromatic carbocycles. The van der Waals surface area contributed by atoms with Crippen molar-refractivity contribution in [2.45, 2.75) is 6.92 Å². The summed E-state index contributed by atoms with van der Waals surface area (Å²) in [5.74, 6) is 1.55. The Kier molecular flexibility index (Phi) is 7.75. The first-order valence-corrected chi connectivity index (χ1v) is 17.3. The predicted molar refractivity (Wildman–Crippen MR) is 211 cm³/mol. The molecule has 244 valence electrons. The van der Waals surface area contributed by atoms with E-state index in [1.165, 1.54) is 50.0 Å². The van der Waals surface area contributed by atoms with Gasteiger partial charge in [0, 0.05) is 40.0 Å². The average Bonchev–Trinajstić information content (AvgIpc) is 3.59. The van der Waals surface area contributed by atoms with Crippen molar-refractivity contribution in [2.75, 3.05) is 16.5 Å². The summed E-state index contributed by atoms with van der Waals surface area (Å²) in [6.07, 6.45) is 1.85. The van der Waals surface area contributed by atoms with Gasteiger partial charge in [0.2, 0.25) is 0 Å². The molecule has 0 atom stereocenters. The van der Waals surface area contributed by atoms with Crippen LogP contribution in [0.3, 0.4) is 0 Å². The van der Waals surface area contributed by atoms with E-state index in [2.05, 4.69) is 173 Å². The number of hydrogen-bond donors (Lipinski definition) is 0. The van der Waals surface area contributed by atoms with Gasteiger partial charge in [-0.3, -0.25) is 4.98 Å². The number of fused-ring (bicyclic) bond motifs is 3. The molecule has 1 aromatic heterocycles. The van der Waals surface area contributed by atoms with Gasteiger partial charge in [0.1, 0.15) is 18.2 Å². The van der Waals surface area contributed by atoms with Crippen LogP contribution in [0.1, 0.15) is 5.56 Å². The van der Waals surface area contributed by atoms with Crippen LogP contribution < -0.4 is 14.5 Å². The number of hydrogen-bond acceptors (Lipinski definition) is 4. The van der Waals surface area contributed by atoms with Gasteiger partial charge in [0.05, 0.1) is 22.8 Å². The highest BCUT2D eigenvalue weighted by molar-refractivity contribution is 6.09. The number of rotatable bonds is 7. The molecule has 4 heteroatoms. The highest BCUT2D eigenvalue weighted by Crippen LogP contribution is 2.52. The van der Waals surface area contributed by atoms with E-state index in [-0.39, 0.29) is 0 Å². The molecule has 0 N–H and O–H groups in total. The number of benzene rings is 7. The molecule has 0 unspecified atom stereocenters. The van der Waals surface area contributed by atoms with Crippen LogP contribution in [-0.2, 0) is 0 Å². The number of aryl methyl sites for hydroxylation is 1. The third-order valence-electron chi connectivity index (χ3n) is 9.61. The minimum Gasteiger partial charge on any atom is -0.457 e. The minimum absolute atomic E-state index is 0.630. The third-order valence-corrected chi connectivity index (χ3v) is 9.61. The number of pyridine rings is 1. The van der Waals surface area contributed by atoms with E-state index in [0.29, 0.717) is 6.67 Å². The highest BCUT2D eigenvalue weighted by atomic mass is 16.5. The molecule has 0 radical (unpaired) electrons. The number of para-hydroxylation sites is 1. The van der Waals surface area contributed by atoms with Crippen molar-refractivity contribution in [2.24, 2.45) is 0 Å². The van der Waals surface area contributed by atoms with Crippen molar-refractivity contribution in [1.82, 2.24) is 4.98 Å². The highest BCUT2D eigenvalue weighted by Gasteiger charge is 2.33. The topological polar surface area (TPSA) is 28.6 Å². The standard InChI is InChI=1S/C47H35N3O/c1-33-27-28-48-44(29-33)37-18-10-20-39(30-37)51-40-21-11-19-38(31-40)49-32-50(47-43-22-9-8-17-36(43)25-26-45(47)49)46-41(34-13-4-2-5-14-34)23-12-24-42(46)35-15-6-3-7-16-35/h2-31H,32H2,1H3. The lowest BCUT2D eigenvalue weighted by atomic mass is 9.94. The molecule has 0 bridgehead atoms. The van der Waals surface area contributed by atoms with Gasteiger partial charge in [-0.15, -0.1) is 0 Å². The van der Waals surface area contributed by atoms with Gasteiger partial charge in [0.25, 0.3) is 0 Å². The molecular formula is C47H35N3O. The van der Waals surface area contributed by atoms with Crippen LogP contribution in [0.2, 0.25) is 0 Å². The molecule has 4 nitrogen and oxygen atoms in total. The fourth-order valence-corrected chi connectivity index (χ4v) is 7.24. The van der Waals surface area contributed by atoms with Crippen molar-refractivity contribution < 1.29 is 4.74 Å². The molecule has 9 rings (SSSR count). The zero-order valence-electron chi connectivity index (χ0n) is 28.3. The lowest BCUT2D eigenvalue weighted by Gasteiger charge is -2.27. The summed E-state index contributed by atoms with van der Waals surface area (Å²) in [4.78, 5) is 9.49. The monoisotopic (exact) mass is 657 g/mol. The van der Waals surface area contributed by atoms with E-state index in [1.807, 2.05) is 30.5 Å². The van der Waals surface area contributed by atoms with Gasteiger partial charge in [0.15, 0.2) is 0 Å². The van der Waals surface area contributed by atoms with Crippen LogP contribution in [0.4, 0.5) is 22.7 Å². The predicted octanol–water partition coefficient (Wildman–Crippen LogP) is 12.6. The van der Waals surface area contributed by atoms with E-state index in [0.717, 1.165) is 34.1 Å². The molecule has 0 saturated carbocycles. The Morgan fingerprint density at radius 1 is 0.510 bits per heavy atom.